The maximum Gasteiger partial charge on any atom is 0.338 e. The van der Waals surface area contributed by atoms with Crippen LogP contribution in [0.2, 0.25) is 0 Å². The van der Waals surface area contributed by atoms with Crippen LogP contribution in [0.3, 0.4) is 0 Å². The fourth-order valence-electron chi connectivity index (χ4n) is 3.00. The molecule has 8 heteroatoms. The van der Waals surface area contributed by atoms with Crippen molar-refractivity contribution >= 4 is 40.8 Å². The number of hydrogen-bond acceptors (Lipinski definition) is 6. The summed E-state index contributed by atoms with van der Waals surface area (Å²) in [5, 5.41) is 2.67. The Kier molecular flexibility index (Phi) is 7.31. The van der Waals surface area contributed by atoms with Crippen LogP contribution in [0.4, 0.5) is 11.4 Å². The molecule has 0 saturated heterocycles. The molecule has 0 radical (unpaired) electrons. The molecule has 0 unspecified atom stereocenters. The summed E-state index contributed by atoms with van der Waals surface area (Å²) in [5.74, 6) is -1.30. The number of anilines is 2. The summed E-state index contributed by atoms with van der Waals surface area (Å²) < 4.78 is 10.8. The second kappa shape index (κ2) is 10.1. The summed E-state index contributed by atoms with van der Waals surface area (Å²) >= 11 is 6.21. The molecule has 0 fully saturated rings. The predicted molar refractivity (Wildman–Crippen MR) is 118 cm³/mol. The van der Waals surface area contributed by atoms with Gasteiger partial charge in [-0.2, -0.15) is 0 Å². The van der Waals surface area contributed by atoms with E-state index in [1.807, 2.05) is 13.8 Å². The first-order chi connectivity index (χ1) is 15.0. The van der Waals surface area contributed by atoms with E-state index in [4.69, 9.17) is 21.1 Å². The second-order valence-electron chi connectivity index (χ2n) is 6.73. The Bertz CT molecular complexity index is 1030. The minimum absolute atomic E-state index is 0.0604. The lowest BCUT2D eigenvalue weighted by Gasteiger charge is -2.16. The Morgan fingerprint density at radius 1 is 1.06 bits per heavy atom. The van der Waals surface area contributed by atoms with Gasteiger partial charge in [0, 0.05) is 0 Å². The van der Waals surface area contributed by atoms with Crippen molar-refractivity contribution in [2.24, 2.45) is 0 Å². The van der Waals surface area contributed by atoms with E-state index < -0.39 is 17.8 Å². The van der Waals surface area contributed by atoms with Crippen LogP contribution in [0.25, 0.3) is 0 Å². The molecule has 1 N–H and O–H groups in total. The highest BCUT2D eigenvalue weighted by Crippen LogP contribution is 2.33. The minimum Gasteiger partial charge on any atom is -0.492 e. The minimum atomic E-state index is -0.681. The number of benzene rings is 2. The summed E-state index contributed by atoms with van der Waals surface area (Å²) in [6, 6.07) is 13.2. The zero-order chi connectivity index (χ0) is 22.4. The molecule has 2 aromatic carbocycles. The van der Waals surface area contributed by atoms with Crippen LogP contribution in [0, 0.1) is 0 Å². The van der Waals surface area contributed by atoms with Crippen LogP contribution >= 0.6 is 11.6 Å². The van der Waals surface area contributed by atoms with E-state index in [9.17, 15) is 14.4 Å². The molecule has 162 valence electrons. The summed E-state index contributed by atoms with van der Waals surface area (Å²) in [6.07, 6.45) is 1.66. The Labute approximate surface area is 185 Å². The summed E-state index contributed by atoms with van der Waals surface area (Å²) in [4.78, 5) is 39.0. The molecule has 1 aliphatic heterocycles. The topological polar surface area (TPSA) is 84.9 Å². The summed E-state index contributed by atoms with van der Waals surface area (Å²) in [7, 11) is 0. The molecule has 0 aromatic heterocycles. The van der Waals surface area contributed by atoms with Gasteiger partial charge >= 0.3 is 5.97 Å². The van der Waals surface area contributed by atoms with Crippen LogP contribution in [0.5, 0.6) is 5.75 Å². The van der Waals surface area contributed by atoms with Crippen molar-refractivity contribution in [3.63, 3.8) is 0 Å². The summed E-state index contributed by atoms with van der Waals surface area (Å²) in [5.41, 5.74) is 0.921. The van der Waals surface area contributed by atoms with Gasteiger partial charge in [-0.05, 0) is 43.7 Å². The number of esters is 1. The van der Waals surface area contributed by atoms with E-state index in [1.54, 1.807) is 42.5 Å². The molecular formula is C23H23ClN2O5. The van der Waals surface area contributed by atoms with Gasteiger partial charge in [0.05, 0.1) is 30.2 Å². The average Bonchev–Trinajstić information content (AvgIpc) is 2.98. The first kappa shape index (κ1) is 22.4. The molecule has 0 bridgehead atoms. The molecule has 0 spiro atoms. The number of carbonyl (C=O) groups is 3. The monoisotopic (exact) mass is 442 g/mol. The largest absolute Gasteiger partial charge is 0.492 e. The van der Waals surface area contributed by atoms with Gasteiger partial charge in [-0.1, -0.05) is 43.1 Å². The van der Waals surface area contributed by atoms with Crippen molar-refractivity contribution in [2.75, 3.05) is 23.4 Å². The third-order valence-corrected chi connectivity index (χ3v) is 4.90. The quantitative estimate of drug-likeness (QED) is 0.350. The zero-order valence-corrected chi connectivity index (χ0v) is 18.1. The van der Waals surface area contributed by atoms with Crippen LogP contribution in [-0.2, 0) is 14.3 Å². The van der Waals surface area contributed by atoms with Crippen LogP contribution in [-0.4, -0.2) is 31.0 Å². The number of para-hydroxylation sites is 2. The molecule has 7 nitrogen and oxygen atoms in total. The van der Waals surface area contributed by atoms with E-state index in [1.165, 1.54) is 6.07 Å². The van der Waals surface area contributed by atoms with Gasteiger partial charge in [0.1, 0.15) is 16.5 Å². The van der Waals surface area contributed by atoms with Gasteiger partial charge in [0.2, 0.25) is 0 Å². The average molecular weight is 443 g/mol. The maximum absolute atomic E-state index is 13.0. The van der Waals surface area contributed by atoms with E-state index in [-0.39, 0.29) is 22.0 Å². The molecule has 31 heavy (non-hydrogen) atoms. The molecule has 1 heterocycles. The van der Waals surface area contributed by atoms with Crippen LogP contribution in [0.1, 0.15) is 37.0 Å². The molecule has 0 aliphatic carbocycles. The van der Waals surface area contributed by atoms with Crippen molar-refractivity contribution in [3.05, 3.63) is 64.8 Å². The smallest absolute Gasteiger partial charge is 0.338 e. The first-order valence-electron chi connectivity index (χ1n) is 10.0. The van der Waals surface area contributed by atoms with E-state index in [0.717, 1.165) is 17.7 Å². The number of halogens is 1. The third kappa shape index (κ3) is 4.88. The third-order valence-electron chi connectivity index (χ3n) is 4.54. The summed E-state index contributed by atoms with van der Waals surface area (Å²) in [6.45, 7) is 4.58. The molecule has 3 rings (SSSR count). The normalized spacial score (nSPS) is 13.6. The Balaban J connectivity index is 1.83. The number of nitrogens with one attached hydrogen (secondary N) is 1. The van der Waals surface area contributed by atoms with Crippen molar-refractivity contribution in [3.8, 4) is 5.75 Å². The van der Waals surface area contributed by atoms with Crippen LogP contribution in [0.15, 0.2) is 59.3 Å². The molecular weight excluding hydrogens is 420 g/mol. The predicted octanol–water partition coefficient (Wildman–Crippen LogP) is 4.48. The van der Waals surface area contributed by atoms with Crippen LogP contribution < -0.4 is 15.0 Å². The van der Waals surface area contributed by atoms with Gasteiger partial charge in [-0.3, -0.25) is 9.59 Å². The Morgan fingerprint density at radius 3 is 2.58 bits per heavy atom. The number of carbonyl (C=O) groups excluding carboxylic acids is 3. The highest BCUT2D eigenvalue weighted by molar-refractivity contribution is 6.53. The maximum atomic E-state index is 13.0. The van der Waals surface area contributed by atoms with Crippen molar-refractivity contribution < 1.29 is 23.9 Å². The van der Waals surface area contributed by atoms with E-state index in [0.29, 0.717) is 24.7 Å². The number of nitrogens with zero attached hydrogens (tertiary/aromatic N) is 1. The molecule has 0 saturated carbocycles. The lowest BCUT2D eigenvalue weighted by Crippen LogP contribution is -2.32. The zero-order valence-electron chi connectivity index (χ0n) is 17.3. The molecule has 2 amide bonds. The Morgan fingerprint density at radius 2 is 1.84 bits per heavy atom. The fraction of sp³-hybridized carbons (Fsp3) is 0.261. The van der Waals surface area contributed by atoms with Crippen molar-refractivity contribution in [2.45, 2.75) is 26.7 Å². The Hall–Kier alpha value is -3.32. The number of rotatable bonds is 9. The van der Waals surface area contributed by atoms with E-state index >= 15 is 0 Å². The SMILES string of the molecule is CCCCOC(=O)c1cccc(N2C(=O)C(Cl)=C(Nc3ccccc3OCC)C2=O)c1. The first-order valence-corrected chi connectivity index (χ1v) is 10.4. The molecule has 1 aliphatic rings. The molecule has 0 atom stereocenters. The number of hydrogen-bond donors (Lipinski definition) is 1. The van der Waals surface area contributed by atoms with Gasteiger partial charge in [0.15, 0.2) is 0 Å². The van der Waals surface area contributed by atoms with Gasteiger partial charge < -0.3 is 14.8 Å². The highest BCUT2D eigenvalue weighted by atomic mass is 35.5. The van der Waals surface area contributed by atoms with Gasteiger partial charge in [0.25, 0.3) is 11.8 Å². The number of unbranched alkanes of at least 4 members (excludes halogenated alkanes) is 1. The number of imide groups is 1. The van der Waals surface area contributed by atoms with Gasteiger partial charge in [-0.15, -0.1) is 0 Å². The lowest BCUT2D eigenvalue weighted by molar-refractivity contribution is -0.120. The second-order valence-corrected chi connectivity index (χ2v) is 7.11. The standard InChI is InChI=1S/C23H23ClN2O5/c1-3-5-13-31-23(29)15-9-8-10-16(14-15)26-21(27)19(24)20(22(26)28)25-17-11-6-7-12-18(17)30-4-2/h6-12,14,25H,3-5,13H2,1-2H3. The van der Waals surface area contributed by atoms with E-state index in [2.05, 4.69) is 5.32 Å². The molecule has 2 aromatic rings. The highest BCUT2D eigenvalue weighted by Gasteiger charge is 2.39. The number of amides is 2. The van der Waals surface area contributed by atoms with Crippen molar-refractivity contribution in [1.82, 2.24) is 0 Å². The van der Waals surface area contributed by atoms with Gasteiger partial charge in [-0.25, -0.2) is 9.69 Å². The fourth-order valence-corrected chi connectivity index (χ4v) is 3.21. The van der Waals surface area contributed by atoms with Crippen molar-refractivity contribution in [1.29, 1.82) is 0 Å². The number of ether oxygens (including phenoxy) is 2. The lowest BCUT2D eigenvalue weighted by atomic mass is 10.2.